The third kappa shape index (κ3) is 7.65. The second-order valence-corrected chi connectivity index (χ2v) is 8.91. The van der Waals surface area contributed by atoms with Crippen LogP contribution in [0.3, 0.4) is 0 Å². The second kappa shape index (κ2) is 9.26. The van der Waals surface area contributed by atoms with Gasteiger partial charge in [0.15, 0.2) is 5.11 Å². The van der Waals surface area contributed by atoms with Gasteiger partial charge in [-0.1, -0.05) is 0 Å². The molecule has 26 heavy (non-hydrogen) atoms. The molecule has 1 aromatic rings. The van der Waals surface area contributed by atoms with Gasteiger partial charge in [-0.3, -0.25) is 15.6 Å². The molecule has 0 aliphatic carbocycles. The lowest BCUT2D eigenvalue weighted by atomic mass is 10.1. The molecular weight excluding hydrogens is 376 g/mol. The van der Waals surface area contributed by atoms with Crippen LogP contribution in [-0.4, -0.2) is 44.7 Å². The van der Waals surface area contributed by atoms with E-state index in [1.165, 1.54) is 31.4 Å². The van der Waals surface area contributed by atoms with Gasteiger partial charge < -0.3 is 10.1 Å². The van der Waals surface area contributed by atoms with Crippen molar-refractivity contribution in [1.29, 1.82) is 0 Å². The number of ether oxygens (including phenoxy) is 1. The average Bonchev–Trinajstić information content (AvgIpc) is 2.51. The molecular formula is C16H26N4O4S2. The first-order chi connectivity index (χ1) is 11.9. The number of hydrogen-bond acceptors (Lipinski definition) is 5. The number of carbonyl (C=O) groups excluding carboxylic acids is 1. The highest BCUT2D eigenvalue weighted by atomic mass is 32.2. The minimum Gasteiger partial charge on any atom is -0.383 e. The molecule has 0 spiro atoms. The first kappa shape index (κ1) is 22.3. The Morgan fingerprint density at radius 2 is 1.77 bits per heavy atom. The van der Waals surface area contributed by atoms with Crippen molar-refractivity contribution in [2.45, 2.75) is 44.2 Å². The molecule has 0 aliphatic rings. The van der Waals surface area contributed by atoms with Gasteiger partial charge >= 0.3 is 0 Å². The van der Waals surface area contributed by atoms with Crippen molar-refractivity contribution in [3.05, 3.63) is 29.8 Å². The molecule has 0 bridgehead atoms. The fraction of sp³-hybridized carbons (Fsp3) is 0.500. The van der Waals surface area contributed by atoms with E-state index in [0.717, 1.165) is 0 Å². The minimum atomic E-state index is -3.68. The maximum Gasteiger partial charge on any atom is 0.269 e. The number of rotatable bonds is 6. The highest BCUT2D eigenvalue weighted by Gasteiger charge is 2.18. The number of hydrazine groups is 1. The Hall–Kier alpha value is -1.75. The topological polar surface area (TPSA) is 109 Å². The predicted octanol–water partition coefficient (Wildman–Crippen LogP) is 0.907. The lowest BCUT2D eigenvalue weighted by Crippen LogP contribution is -2.52. The molecule has 0 aliphatic heterocycles. The Kier molecular flexibility index (Phi) is 7.94. The van der Waals surface area contributed by atoms with Crippen molar-refractivity contribution in [3.8, 4) is 0 Å². The average molecular weight is 403 g/mol. The zero-order valence-corrected chi connectivity index (χ0v) is 17.2. The Bertz CT molecular complexity index is 728. The molecule has 0 heterocycles. The fourth-order valence-electron chi connectivity index (χ4n) is 1.96. The van der Waals surface area contributed by atoms with E-state index in [-0.39, 0.29) is 28.2 Å². The molecule has 0 radical (unpaired) electrons. The third-order valence-electron chi connectivity index (χ3n) is 2.98. The number of benzene rings is 1. The number of carbonyl (C=O) groups is 1. The van der Waals surface area contributed by atoms with Gasteiger partial charge in [0.2, 0.25) is 10.0 Å². The van der Waals surface area contributed by atoms with Crippen LogP contribution in [0.25, 0.3) is 0 Å². The molecule has 0 unspecified atom stereocenters. The highest BCUT2D eigenvalue weighted by Crippen LogP contribution is 2.11. The highest BCUT2D eigenvalue weighted by molar-refractivity contribution is 7.89. The van der Waals surface area contributed by atoms with Crippen molar-refractivity contribution in [3.63, 3.8) is 0 Å². The van der Waals surface area contributed by atoms with Crippen LogP contribution >= 0.6 is 12.2 Å². The Morgan fingerprint density at radius 3 is 2.27 bits per heavy atom. The summed E-state index contributed by atoms with van der Waals surface area (Å²) < 4.78 is 31.9. The molecule has 1 atom stereocenters. The smallest absolute Gasteiger partial charge is 0.269 e. The van der Waals surface area contributed by atoms with Crippen LogP contribution in [-0.2, 0) is 14.8 Å². The van der Waals surface area contributed by atoms with Crippen molar-refractivity contribution in [2.75, 3.05) is 13.7 Å². The standard InChI is InChI=1S/C16H26N4O4S2/c1-11(10-24-5)20-26(22,23)13-8-6-12(7-9-13)14(21)18-19-15(25)17-16(2,3)4/h6-9,11,20H,10H2,1-5H3,(H,18,21)(H2,17,19,25)/t11-/m1/s1. The maximum absolute atomic E-state index is 12.2. The quantitative estimate of drug-likeness (QED) is 0.414. The zero-order chi connectivity index (χ0) is 20.0. The van der Waals surface area contributed by atoms with E-state index in [9.17, 15) is 13.2 Å². The molecule has 4 N–H and O–H groups in total. The van der Waals surface area contributed by atoms with Gasteiger partial charge in [0.05, 0.1) is 11.5 Å². The first-order valence-electron chi connectivity index (χ1n) is 7.94. The van der Waals surface area contributed by atoms with Gasteiger partial charge in [-0.25, -0.2) is 13.1 Å². The summed E-state index contributed by atoms with van der Waals surface area (Å²) in [5, 5.41) is 3.27. The van der Waals surface area contributed by atoms with E-state index in [1.54, 1.807) is 6.92 Å². The lowest BCUT2D eigenvalue weighted by molar-refractivity contribution is 0.0943. The van der Waals surface area contributed by atoms with E-state index >= 15 is 0 Å². The minimum absolute atomic E-state index is 0.0647. The van der Waals surface area contributed by atoms with Crippen LogP contribution in [0.15, 0.2) is 29.2 Å². The Balaban J connectivity index is 2.69. The number of sulfonamides is 1. The van der Waals surface area contributed by atoms with E-state index in [0.29, 0.717) is 5.56 Å². The molecule has 1 aromatic carbocycles. The summed E-state index contributed by atoms with van der Waals surface area (Å²) >= 11 is 5.07. The number of hydrogen-bond donors (Lipinski definition) is 4. The van der Waals surface area contributed by atoms with Crippen LogP contribution in [0.4, 0.5) is 0 Å². The number of nitrogens with one attached hydrogen (secondary N) is 4. The van der Waals surface area contributed by atoms with Crippen molar-refractivity contribution in [1.82, 2.24) is 20.9 Å². The molecule has 0 saturated carbocycles. The lowest BCUT2D eigenvalue weighted by Gasteiger charge is -2.23. The van der Waals surface area contributed by atoms with Crippen molar-refractivity contribution < 1.29 is 17.9 Å². The van der Waals surface area contributed by atoms with Crippen LogP contribution in [0.2, 0.25) is 0 Å². The summed E-state index contributed by atoms with van der Waals surface area (Å²) in [6, 6.07) is 5.21. The van der Waals surface area contributed by atoms with Gasteiger partial charge in [0, 0.05) is 24.3 Å². The van der Waals surface area contributed by atoms with Gasteiger partial charge in [-0.05, 0) is 64.2 Å². The van der Waals surface area contributed by atoms with Crippen LogP contribution in [0.5, 0.6) is 0 Å². The summed E-state index contributed by atoms with van der Waals surface area (Å²) in [5.74, 6) is -0.437. The first-order valence-corrected chi connectivity index (χ1v) is 9.83. The summed E-state index contributed by atoms with van der Waals surface area (Å²) in [4.78, 5) is 12.2. The van der Waals surface area contributed by atoms with Crippen LogP contribution in [0.1, 0.15) is 38.1 Å². The SMILES string of the molecule is COC[C@@H](C)NS(=O)(=O)c1ccc(C(=O)NNC(=S)NC(C)(C)C)cc1. The number of methoxy groups -OCH3 is 1. The molecule has 0 fully saturated rings. The van der Waals surface area contributed by atoms with Crippen LogP contribution < -0.4 is 20.9 Å². The largest absolute Gasteiger partial charge is 0.383 e. The van der Waals surface area contributed by atoms with E-state index < -0.39 is 15.9 Å². The monoisotopic (exact) mass is 402 g/mol. The van der Waals surface area contributed by atoms with Crippen molar-refractivity contribution >= 4 is 33.3 Å². The van der Waals surface area contributed by atoms with Gasteiger partial charge in [0.1, 0.15) is 0 Å². The maximum atomic E-state index is 12.2. The molecule has 8 nitrogen and oxygen atoms in total. The molecule has 0 aromatic heterocycles. The third-order valence-corrected chi connectivity index (χ3v) is 4.79. The zero-order valence-electron chi connectivity index (χ0n) is 15.5. The van der Waals surface area contributed by atoms with Gasteiger partial charge in [-0.2, -0.15) is 0 Å². The van der Waals surface area contributed by atoms with E-state index in [2.05, 4.69) is 20.9 Å². The van der Waals surface area contributed by atoms with E-state index in [4.69, 9.17) is 17.0 Å². The normalized spacial score (nSPS) is 13.0. The molecule has 10 heteroatoms. The molecule has 1 rings (SSSR count). The molecule has 0 saturated heterocycles. The van der Waals surface area contributed by atoms with Crippen LogP contribution in [0, 0.1) is 0 Å². The molecule has 1 amide bonds. The summed E-state index contributed by atoms with van der Waals surface area (Å²) in [7, 11) is -2.18. The fourth-order valence-corrected chi connectivity index (χ4v) is 3.55. The van der Waals surface area contributed by atoms with Crippen molar-refractivity contribution in [2.24, 2.45) is 0 Å². The summed E-state index contributed by atoms with van der Waals surface area (Å²) in [6.07, 6.45) is 0. The summed E-state index contributed by atoms with van der Waals surface area (Å²) in [5.41, 5.74) is 5.11. The Morgan fingerprint density at radius 1 is 1.19 bits per heavy atom. The number of amides is 1. The second-order valence-electron chi connectivity index (χ2n) is 6.79. The van der Waals surface area contributed by atoms with Gasteiger partial charge in [0.25, 0.3) is 5.91 Å². The predicted molar refractivity (Wildman–Crippen MR) is 104 cm³/mol. The van der Waals surface area contributed by atoms with Gasteiger partial charge in [-0.15, -0.1) is 0 Å². The Labute approximate surface area is 160 Å². The van der Waals surface area contributed by atoms with E-state index in [1.807, 2.05) is 20.8 Å². The number of thiocarbonyl (C=S) groups is 1. The summed E-state index contributed by atoms with van der Waals surface area (Å²) in [6.45, 7) is 7.76. The molecule has 146 valence electrons.